The van der Waals surface area contributed by atoms with Crippen molar-refractivity contribution in [3.05, 3.63) is 65.3 Å². The zero-order chi connectivity index (χ0) is 16.2. The number of nitrogens with one attached hydrogen (secondary N) is 1. The van der Waals surface area contributed by atoms with Crippen molar-refractivity contribution >= 4 is 22.4 Å². The minimum absolute atomic E-state index is 0.319. The standard InChI is InChI=1S/C17H13FN2O2S/c1-22-14-8-4-11(5-9-14)15-10-23-17(19-15)20-16(21)12-2-6-13(18)7-3-12/h2-10H,1H3,(H,19,20,21). The number of hydrogen-bond acceptors (Lipinski definition) is 4. The summed E-state index contributed by atoms with van der Waals surface area (Å²) in [6, 6.07) is 12.9. The number of aromatic nitrogens is 1. The summed E-state index contributed by atoms with van der Waals surface area (Å²) in [6.07, 6.45) is 0. The zero-order valence-corrected chi connectivity index (χ0v) is 13.1. The quantitative estimate of drug-likeness (QED) is 0.780. The van der Waals surface area contributed by atoms with Gasteiger partial charge in [-0.15, -0.1) is 11.3 Å². The summed E-state index contributed by atoms with van der Waals surface area (Å²) < 4.78 is 18.0. The van der Waals surface area contributed by atoms with Gasteiger partial charge >= 0.3 is 0 Å². The molecule has 0 saturated carbocycles. The lowest BCUT2D eigenvalue weighted by Crippen LogP contribution is -2.11. The molecule has 1 aromatic heterocycles. The summed E-state index contributed by atoms with van der Waals surface area (Å²) in [7, 11) is 1.61. The molecule has 0 aliphatic carbocycles. The fraction of sp³-hybridized carbons (Fsp3) is 0.0588. The minimum atomic E-state index is -0.377. The van der Waals surface area contributed by atoms with E-state index in [1.807, 2.05) is 29.6 Å². The summed E-state index contributed by atoms with van der Waals surface area (Å²) in [5.41, 5.74) is 2.09. The van der Waals surface area contributed by atoms with E-state index in [-0.39, 0.29) is 11.7 Å². The number of benzene rings is 2. The number of carbonyl (C=O) groups excluding carboxylic acids is 1. The Labute approximate surface area is 136 Å². The molecule has 2 aromatic carbocycles. The normalized spacial score (nSPS) is 10.3. The second kappa shape index (κ2) is 6.58. The smallest absolute Gasteiger partial charge is 0.257 e. The molecular weight excluding hydrogens is 315 g/mol. The Hall–Kier alpha value is -2.73. The topological polar surface area (TPSA) is 51.2 Å². The second-order valence-corrected chi connectivity index (χ2v) is 5.59. The van der Waals surface area contributed by atoms with Gasteiger partial charge in [0.15, 0.2) is 5.13 Å². The van der Waals surface area contributed by atoms with E-state index < -0.39 is 0 Å². The van der Waals surface area contributed by atoms with Crippen LogP contribution < -0.4 is 10.1 Å². The number of hydrogen-bond donors (Lipinski definition) is 1. The van der Waals surface area contributed by atoms with Crippen molar-refractivity contribution < 1.29 is 13.9 Å². The SMILES string of the molecule is COc1ccc(-c2csc(NC(=O)c3ccc(F)cc3)n2)cc1. The molecule has 1 N–H and O–H groups in total. The van der Waals surface area contributed by atoms with Crippen LogP contribution in [0.15, 0.2) is 53.9 Å². The average molecular weight is 328 g/mol. The first-order chi connectivity index (χ1) is 11.2. The lowest BCUT2D eigenvalue weighted by atomic mass is 10.2. The molecule has 0 aliphatic rings. The highest BCUT2D eigenvalue weighted by Crippen LogP contribution is 2.26. The Morgan fingerprint density at radius 1 is 1.13 bits per heavy atom. The Morgan fingerprint density at radius 2 is 1.83 bits per heavy atom. The molecule has 1 amide bonds. The molecule has 0 spiro atoms. The maximum atomic E-state index is 12.9. The van der Waals surface area contributed by atoms with Crippen LogP contribution >= 0.6 is 11.3 Å². The van der Waals surface area contributed by atoms with Crippen molar-refractivity contribution in [3.8, 4) is 17.0 Å². The highest BCUT2D eigenvalue weighted by atomic mass is 32.1. The van der Waals surface area contributed by atoms with Gasteiger partial charge in [-0.05, 0) is 48.5 Å². The summed E-state index contributed by atoms with van der Waals surface area (Å²) >= 11 is 1.33. The van der Waals surface area contributed by atoms with Crippen molar-refractivity contribution in [1.82, 2.24) is 4.98 Å². The number of halogens is 1. The van der Waals surface area contributed by atoms with Gasteiger partial charge in [-0.3, -0.25) is 10.1 Å². The number of carbonyl (C=O) groups is 1. The Morgan fingerprint density at radius 3 is 2.48 bits per heavy atom. The number of thiazole rings is 1. The molecule has 6 heteroatoms. The van der Waals surface area contributed by atoms with Gasteiger partial charge in [0.05, 0.1) is 12.8 Å². The molecule has 0 bridgehead atoms. The third-order valence-corrected chi connectivity index (χ3v) is 3.97. The molecule has 116 valence electrons. The highest BCUT2D eigenvalue weighted by Gasteiger charge is 2.10. The Balaban J connectivity index is 1.73. The van der Waals surface area contributed by atoms with Crippen molar-refractivity contribution in [1.29, 1.82) is 0 Å². The fourth-order valence-corrected chi connectivity index (χ4v) is 2.71. The van der Waals surface area contributed by atoms with Gasteiger partial charge in [0.2, 0.25) is 0 Å². The van der Waals surface area contributed by atoms with Gasteiger partial charge < -0.3 is 4.74 Å². The first kappa shape index (κ1) is 15.2. The van der Waals surface area contributed by atoms with E-state index in [1.54, 1.807) is 7.11 Å². The van der Waals surface area contributed by atoms with E-state index >= 15 is 0 Å². The van der Waals surface area contributed by atoms with Crippen LogP contribution in [0.25, 0.3) is 11.3 Å². The fourth-order valence-electron chi connectivity index (χ4n) is 2.00. The van der Waals surface area contributed by atoms with E-state index in [2.05, 4.69) is 10.3 Å². The van der Waals surface area contributed by atoms with Crippen LogP contribution in [0.2, 0.25) is 0 Å². The van der Waals surface area contributed by atoms with Crippen molar-refractivity contribution in [2.45, 2.75) is 0 Å². The molecule has 0 saturated heterocycles. The summed E-state index contributed by atoms with van der Waals surface area (Å²) in [5.74, 6) is 0.0760. The Bertz CT molecular complexity index is 813. The molecular formula is C17H13FN2O2S. The summed E-state index contributed by atoms with van der Waals surface area (Å²) in [4.78, 5) is 16.5. The van der Waals surface area contributed by atoms with Crippen LogP contribution in [-0.2, 0) is 0 Å². The number of ether oxygens (including phenoxy) is 1. The molecule has 1 heterocycles. The highest BCUT2D eigenvalue weighted by molar-refractivity contribution is 7.14. The third kappa shape index (κ3) is 3.54. The maximum Gasteiger partial charge on any atom is 0.257 e. The molecule has 0 aliphatic heterocycles. The van der Waals surface area contributed by atoms with E-state index in [1.165, 1.54) is 35.6 Å². The van der Waals surface area contributed by atoms with Crippen molar-refractivity contribution in [3.63, 3.8) is 0 Å². The van der Waals surface area contributed by atoms with Gasteiger partial charge in [-0.25, -0.2) is 9.37 Å². The predicted molar refractivity (Wildman–Crippen MR) is 88.5 cm³/mol. The van der Waals surface area contributed by atoms with Gasteiger partial charge in [0, 0.05) is 16.5 Å². The molecule has 0 radical (unpaired) electrons. The van der Waals surface area contributed by atoms with Gasteiger partial charge in [0.1, 0.15) is 11.6 Å². The molecule has 0 fully saturated rings. The largest absolute Gasteiger partial charge is 0.497 e. The molecule has 4 nitrogen and oxygen atoms in total. The number of methoxy groups -OCH3 is 1. The van der Waals surface area contributed by atoms with Gasteiger partial charge in [-0.1, -0.05) is 0 Å². The minimum Gasteiger partial charge on any atom is -0.497 e. The monoisotopic (exact) mass is 328 g/mol. The molecule has 0 unspecified atom stereocenters. The number of nitrogens with zero attached hydrogens (tertiary/aromatic N) is 1. The predicted octanol–water partition coefficient (Wildman–Crippen LogP) is 4.21. The second-order valence-electron chi connectivity index (χ2n) is 4.73. The van der Waals surface area contributed by atoms with E-state index in [0.717, 1.165) is 17.0 Å². The molecule has 3 rings (SSSR count). The third-order valence-electron chi connectivity index (χ3n) is 3.22. The molecule has 3 aromatic rings. The van der Waals surface area contributed by atoms with Crippen molar-refractivity contribution in [2.75, 3.05) is 12.4 Å². The van der Waals surface area contributed by atoms with Crippen LogP contribution in [0.1, 0.15) is 10.4 Å². The number of anilines is 1. The first-order valence-electron chi connectivity index (χ1n) is 6.82. The van der Waals surface area contributed by atoms with Crippen LogP contribution in [0.3, 0.4) is 0 Å². The van der Waals surface area contributed by atoms with Crippen LogP contribution in [0.4, 0.5) is 9.52 Å². The average Bonchev–Trinajstić information content (AvgIpc) is 3.04. The van der Waals surface area contributed by atoms with Gasteiger partial charge in [-0.2, -0.15) is 0 Å². The molecule has 0 atom stereocenters. The van der Waals surface area contributed by atoms with E-state index in [4.69, 9.17) is 4.74 Å². The van der Waals surface area contributed by atoms with Crippen LogP contribution in [0, 0.1) is 5.82 Å². The lowest BCUT2D eigenvalue weighted by Gasteiger charge is -2.02. The van der Waals surface area contributed by atoms with Crippen LogP contribution in [-0.4, -0.2) is 18.0 Å². The molecule has 23 heavy (non-hydrogen) atoms. The number of amides is 1. The van der Waals surface area contributed by atoms with Crippen LogP contribution in [0.5, 0.6) is 5.75 Å². The summed E-state index contributed by atoms with van der Waals surface area (Å²) in [5, 5.41) is 5.07. The van der Waals surface area contributed by atoms with E-state index in [0.29, 0.717) is 10.7 Å². The maximum absolute atomic E-state index is 12.9. The van der Waals surface area contributed by atoms with E-state index in [9.17, 15) is 9.18 Å². The van der Waals surface area contributed by atoms with Gasteiger partial charge in [0.25, 0.3) is 5.91 Å². The lowest BCUT2D eigenvalue weighted by molar-refractivity contribution is 0.102. The van der Waals surface area contributed by atoms with Crippen molar-refractivity contribution in [2.24, 2.45) is 0 Å². The Kier molecular flexibility index (Phi) is 4.34. The zero-order valence-electron chi connectivity index (χ0n) is 12.2. The first-order valence-corrected chi connectivity index (χ1v) is 7.70. The number of rotatable bonds is 4. The summed E-state index contributed by atoms with van der Waals surface area (Å²) in [6.45, 7) is 0.